The molecule has 1 rings (SSSR count). The lowest BCUT2D eigenvalue weighted by atomic mass is 10.1. The van der Waals surface area contributed by atoms with Gasteiger partial charge < -0.3 is 5.32 Å². The van der Waals surface area contributed by atoms with Crippen LogP contribution in [-0.4, -0.2) is 25.0 Å². The molecule has 2 atom stereocenters. The number of benzene rings is 1. The monoisotopic (exact) mass is 283 g/mol. The molecule has 0 saturated carbocycles. The van der Waals surface area contributed by atoms with Crippen LogP contribution in [0.25, 0.3) is 0 Å². The van der Waals surface area contributed by atoms with Crippen molar-refractivity contribution in [2.24, 2.45) is 0 Å². The molecule has 1 aromatic rings. The number of halogens is 1. The highest BCUT2D eigenvalue weighted by Crippen LogP contribution is 2.22. The fourth-order valence-electron chi connectivity index (χ4n) is 1.65. The number of urea groups is 1. The van der Waals surface area contributed by atoms with Gasteiger partial charge in [0.15, 0.2) is 0 Å². The van der Waals surface area contributed by atoms with Crippen LogP contribution in [0.5, 0.6) is 0 Å². The summed E-state index contributed by atoms with van der Waals surface area (Å²) in [5, 5.41) is 8.27. The predicted molar refractivity (Wildman–Crippen MR) is 75.1 cm³/mol. The Balaban J connectivity index is 2.62. The molecule has 0 aliphatic carbocycles. The molecule has 0 radical (unpaired) electrons. The zero-order chi connectivity index (χ0) is 14.4. The van der Waals surface area contributed by atoms with Crippen LogP contribution in [0.2, 0.25) is 5.02 Å². The van der Waals surface area contributed by atoms with Gasteiger partial charge in [-0.3, -0.25) is 15.4 Å². The average molecular weight is 284 g/mol. The van der Waals surface area contributed by atoms with Gasteiger partial charge in [0.05, 0.1) is 6.04 Å². The van der Waals surface area contributed by atoms with Crippen LogP contribution in [0.4, 0.5) is 4.79 Å². The second-order valence-electron chi connectivity index (χ2n) is 4.20. The van der Waals surface area contributed by atoms with Crippen LogP contribution in [0.1, 0.15) is 25.5 Å². The Morgan fingerprint density at radius 3 is 2.42 bits per heavy atom. The van der Waals surface area contributed by atoms with E-state index in [0.29, 0.717) is 5.02 Å². The Labute approximate surface area is 117 Å². The van der Waals surface area contributed by atoms with Gasteiger partial charge in [-0.15, -0.1) is 0 Å². The lowest BCUT2D eigenvalue weighted by Gasteiger charge is -2.20. The first-order valence-electron chi connectivity index (χ1n) is 5.98. The van der Waals surface area contributed by atoms with Crippen molar-refractivity contribution in [3.05, 3.63) is 34.9 Å². The van der Waals surface area contributed by atoms with E-state index in [1.807, 2.05) is 25.1 Å². The van der Waals surface area contributed by atoms with Crippen molar-refractivity contribution in [2.75, 3.05) is 7.05 Å². The molecular weight excluding hydrogens is 266 g/mol. The molecule has 1 aromatic carbocycles. The smallest absolute Gasteiger partial charge is 0.321 e. The van der Waals surface area contributed by atoms with Gasteiger partial charge in [0.25, 0.3) is 0 Å². The van der Waals surface area contributed by atoms with E-state index in [4.69, 9.17) is 11.6 Å². The van der Waals surface area contributed by atoms with Crippen molar-refractivity contribution >= 4 is 23.5 Å². The van der Waals surface area contributed by atoms with E-state index in [-0.39, 0.29) is 6.04 Å². The van der Waals surface area contributed by atoms with Gasteiger partial charge in [0, 0.05) is 18.1 Å². The summed E-state index contributed by atoms with van der Waals surface area (Å²) in [6, 6.07) is 6.29. The first-order chi connectivity index (χ1) is 8.95. The number of carbonyl (C=O) groups excluding carboxylic acids is 2. The predicted octanol–water partition coefficient (Wildman–Crippen LogP) is 1.83. The molecule has 0 heterocycles. The molecule has 0 aliphatic rings. The normalized spacial score (nSPS) is 13.5. The van der Waals surface area contributed by atoms with Gasteiger partial charge >= 0.3 is 6.03 Å². The highest BCUT2D eigenvalue weighted by Gasteiger charge is 2.18. The van der Waals surface area contributed by atoms with Crippen molar-refractivity contribution in [3.63, 3.8) is 0 Å². The van der Waals surface area contributed by atoms with Gasteiger partial charge in [-0.25, -0.2) is 4.79 Å². The second kappa shape index (κ2) is 7.11. The third-order valence-electron chi connectivity index (χ3n) is 2.73. The Bertz CT molecular complexity index is 465. The number of hydrogen-bond donors (Lipinski definition) is 3. The van der Waals surface area contributed by atoms with Crippen LogP contribution >= 0.6 is 11.6 Å². The van der Waals surface area contributed by atoms with E-state index in [1.54, 1.807) is 13.0 Å². The first kappa shape index (κ1) is 15.5. The van der Waals surface area contributed by atoms with Crippen LogP contribution in [0.15, 0.2) is 24.3 Å². The molecule has 6 heteroatoms. The summed E-state index contributed by atoms with van der Waals surface area (Å²) in [5.41, 5.74) is 0.906. The van der Waals surface area contributed by atoms with E-state index in [0.717, 1.165) is 5.56 Å². The SMILES string of the molecule is CNC(=O)NC(=O)C(C)N[C@H](C)c1ccccc1Cl. The summed E-state index contributed by atoms with van der Waals surface area (Å²) in [4.78, 5) is 22.7. The molecule has 0 spiro atoms. The highest BCUT2D eigenvalue weighted by molar-refractivity contribution is 6.31. The lowest BCUT2D eigenvalue weighted by Crippen LogP contribution is -2.47. The van der Waals surface area contributed by atoms with Gasteiger partial charge in [0.1, 0.15) is 0 Å². The minimum atomic E-state index is -0.524. The zero-order valence-electron chi connectivity index (χ0n) is 11.2. The first-order valence-corrected chi connectivity index (χ1v) is 6.36. The van der Waals surface area contributed by atoms with Gasteiger partial charge in [0.2, 0.25) is 5.91 Å². The van der Waals surface area contributed by atoms with E-state index >= 15 is 0 Å². The lowest BCUT2D eigenvalue weighted by molar-refractivity contribution is -0.121. The molecule has 0 aromatic heterocycles. The number of imide groups is 1. The summed E-state index contributed by atoms with van der Waals surface area (Å²) >= 11 is 6.08. The molecule has 3 N–H and O–H groups in total. The van der Waals surface area contributed by atoms with Crippen molar-refractivity contribution in [1.29, 1.82) is 0 Å². The zero-order valence-corrected chi connectivity index (χ0v) is 11.9. The fourth-order valence-corrected chi connectivity index (χ4v) is 1.95. The van der Waals surface area contributed by atoms with Crippen LogP contribution < -0.4 is 16.0 Å². The number of amides is 3. The summed E-state index contributed by atoms with van der Waals surface area (Å²) in [6.07, 6.45) is 0. The van der Waals surface area contributed by atoms with E-state index < -0.39 is 18.0 Å². The van der Waals surface area contributed by atoms with Gasteiger partial charge in [-0.2, -0.15) is 0 Å². The van der Waals surface area contributed by atoms with Crippen LogP contribution in [0.3, 0.4) is 0 Å². The minimum Gasteiger partial charge on any atom is -0.341 e. The summed E-state index contributed by atoms with van der Waals surface area (Å²) < 4.78 is 0. The Hall–Kier alpha value is -1.59. The molecule has 5 nitrogen and oxygen atoms in total. The molecule has 1 unspecified atom stereocenters. The van der Waals surface area contributed by atoms with Gasteiger partial charge in [-0.1, -0.05) is 29.8 Å². The maximum absolute atomic E-state index is 11.7. The quantitative estimate of drug-likeness (QED) is 0.790. The summed E-state index contributed by atoms with van der Waals surface area (Å²) in [6.45, 7) is 3.59. The Morgan fingerprint density at radius 2 is 1.84 bits per heavy atom. The average Bonchev–Trinajstić information content (AvgIpc) is 2.38. The third kappa shape index (κ3) is 4.54. The molecule has 104 valence electrons. The van der Waals surface area contributed by atoms with Crippen molar-refractivity contribution in [2.45, 2.75) is 25.9 Å². The van der Waals surface area contributed by atoms with Crippen molar-refractivity contribution < 1.29 is 9.59 Å². The van der Waals surface area contributed by atoms with Crippen LogP contribution in [-0.2, 0) is 4.79 Å². The maximum atomic E-state index is 11.7. The number of rotatable bonds is 4. The fraction of sp³-hybridized carbons (Fsp3) is 0.385. The van der Waals surface area contributed by atoms with E-state index in [1.165, 1.54) is 7.05 Å². The third-order valence-corrected chi connectivity index (χ3v) is 3.07. The molecule has 0 fully saturated rings. The minimum absolute atomic E-state index is 0.0980. The molecule has 19 heavy (non-hydrogen) atoms. The topological polar surface area (TPSA) is 70.2 Å². The molecule has 3 amide bonds. The molecule has 0 aliphatic heterocycles. The molecule has 0 bridgehead atoms. The summed E-state index contributed by atoms with van der Waals surface area (Å²) in [7, 11) is 1.45. The van der Waals surface area contributed by atoms with E-state index in [2.05, 4.69) is 16.0 Å². The Kier molecular flexibility index (Phi) is 5.79. The molecular formula is C13H18ClN3O2. The number of carbonyl (C=O) groups is 2. The number of hydrogen-bond acceptors (Lipinski definition) is 3. The standard InChI is InChI=1S/C13H18ClN3O2/c1-8(10-6-4-5-7-11(10)14)16-9(2)12(18)17-13(19)15-3/h4-9,16H,1-3H3,(H2,15,17,18,19)/t8-,9?/m1/s1. The maximum Gasteiger partial charge on any atom is 0.321 e. The van der Waals surface area contributed by atoms with E-state index in [9.17, 15) is 9.59 Å². The van der Waals surface area contributed by atoms with Crippen LogP contribution in [0, 0.1) is 0 Å². The summed E-state index contributed by atoms with van der Waals surface area (Å²) in [5.74, 6) is -0.391. The van der Waals surface area contributed by atoms with Crippen molar-refractivity contribution in [1.82, 2.24) is 16.0 Å². The highest BCUT2D eigenvalue weighted by atomic mass is 35.5. The largest absolute Gasteiger partial charge is 0.341 e. The Morgan fingerprint density at radius 1 is 1.21 bits per heavy atom. The number of nitrogens with one attached hydrogen (secondary N) is 3. The van der Waals surface area contributed by atoms with Crippen molar-refractivity contribution in [3.8, 4) is 0 Å². The van der Waals surface area contributed by atoms with Gasteiger partial charge in [-0.05, 0) is 25.5 Å². The second-order valence-corrected chi connectivity index (χ2v) is 4.61. The molecule has 0 saturated heterocycles.